The summed E-state index contributed by atoms with van der Waals surface area (Å²) in [6.07, 6.45) is 4.08. The first-order valence-corrected chi connectivity index (χ1v) is 6.86. The number of amides is 1. The Bertz CT molecular complexity index is 221. The first-order valence-electron chi connectivity index (χ1n) is 6.86. The van der Waals surface area contributed by atoms with E-state index in [0.29, 0.717) is 13.1 Å². The van der Waals surface area contributed by atoms with Crippen molar-refractivity contribution in [3.8, 4) is 0 Å². The van der Waals surface area contributed by atoms with Crippen LogP contribution >= 0.6 is 0 Å². The van der Waals surface area contributed by atoms with Gasteiger partial charge in [0, 0.05) is 19.0 Å². The number of rotatable bonds is 8. The van der Waals surface area contributed by atoms with Crippen LogP contribution in [0.2, 0.25) is 0 Å². The fraction of sp³-hybridized carbons (Fsp3) is 0.929. The third-order valence-corrected chi connectivity index (χ3v) is 3.02. The monoisotopic (exact) mass is 243 g/mol. The van der Waals surface area contributed by atoms with Gasteiger partial charge in [0.1, 0.15) is 0 Å². The highest BCUT2D eigenvalue weighted by molar-refractivity contribution is 5.78. The van der Waals surface area contributed by atoms with Gasteiger partial charge < -0.3 is 10.0 Å². The molecule has 0 aromatic rings. The molecule has 0 aliphatic carbocycles. The predicted molar refractivity (Wildman–Crippen MR) is 71.9 cm³/mol. The zero-order valence-electron chi connectivity index (χ0n) is 12.1. The van der Waals surface area contributed by atoms with E-state index in [9.17, 15) is 9.90 Å². The average Bonchev–Trinajstić information content (AvgIpc) is 2.25. The van der Waals surface area contributed by atoms with Crippen molar-refractivity contribution in [3.63, 3.8) is 0 Å². The summed E-state index contributed by atoms with van der Waals surface area (Å²) in [6.45, 7) is 10.8. The van der Waals surface area contributed by atoms with E-state index in [1.165, 1.54) is 0 Å². The summed E-state index contributed by atoms with van der Waals surface area (Å²) in [5, 5.41) is 9.80. The molecule has 1 N–H and O–H groups in total. The van der Waals surface area contributed by atoms with Gasteiger partial charge in [0.15, 0.2) is 0 Å². The predicted octanol–water partition coefficient (Wildman–Crippen LogP) is 2.82. The van der Waals surface area contributed by atoms with E-state index in [4.69, 9.17) is 0 Å². The molecule has 3 heteroatoms. The van der Waals surface area contributed by atoms with Gasteiger partial charge in [0.25, 0.3) is 0 Å². The van der Waals surface area contributed by atoms with Gasteiger partial charge in [-0.2, -0.15) is 0 Å². The maximum absolute atomic E-state index is 12.3. The largest absolute Gasteiger partial charge is 0.389 e. The zero-order valence-corrected chi connectivity index (χ0v) is 12.1. The molecule has 0 aromatic heterocycles. The number of carbonyl (C=O) groups is 1. The van der Waals surface area contributed by atoms with E-state index < -0.39 is 5.60 Å². The summed E-state index contributed by atoms with van der Waals surface area (Å²) in [5.41, 5.74) is -0.811. The van der Waals surface area contributed by atoms with Gasteiger partial charge in [-0.05, 0) is 33.6 Å². The van der Waals surface area contributed by atoms with Crippen LogP contribution in [0, 0.1) is 5.92 Å². The molecule has 1 atom stereocenters. The Hall–Kier alpha value is -0.570. The Labute approximate surface area is 106 Å². The minimum absolute atomic E-state index is 0.122. The van der Waals surface area contributed by atoms with Crippen molar-refractivity contribution in [3.05, 3.63) is 0 Å². The fourth-order valence-corrected chi connectivity index (χ4v) is 2.02. The van der Waals surface area contributed by atoms with Crippen LogP contribution in [0.3, 0.4) is 0 Å². The third-order valence-electron chi connectivity index (χ3n) is 3.02. The summed E-state index contributed by atoms with van der Waals surface area (Å²) in [7, 11) is 0. The molecule has 0 aromatic carbocycles. The number of likely N-dealkylation sites (N-methyl/N-ethyl adjacent to an activating group) is 1. The van der Waals surface area contributed by atoms with E-state index in [2.05, 4.69) is 13.8 Å². The molecular formula is C14H29NO2. The van der Waals surface area contributed by atoms with E-state index in [1.54, 1.807) is 18.7 Å². The SMILES string of the molecule is CCCCC(CC)C(=O)N(CC)CC(C)(C)O. The molecule has 0 fully saturated rings. The number of carbonyl (C=O) groups excluding carboxylic acids is 1. The van der Waals surface area contributed by atoms with Gasteiger partial charge in [0.2, 0.25) is 5.91 Å². The molecule has 3 nitrogen and oxygen atoms in total. The Morgan fingerprint density at radius 3 is 2.24 bits per heavy atom. The van der Waals surface area contributed by atoms with Crippen molar-refractivity contribution in [2.24, 2.45) is 5.92 Å². The molecule has 0 saturated heterocycles. The van der Waals surface area contributed by atoms with Crippen LogP contribution in [0.4, 0.5) is 0 Å². The first kappa shape index (κ1) is 16.4. The van der Waals surface area contributed by atoms with Crippen LogP contribution < -0.4 is 0 Å². The Morgan fingerprint density at radius 2 is 1.88 bits per heavy atom. The van der Waals surface area contributed by atoms with E-state index in [-0.39, 0.29) is 11.8 Å². The lowest BCUT2D eigenvalue weighted by Gasteiger charge is -2.31. The maximum Gasteiger partial charge on any atom is 0.225 e. The lowest BCUT2D eigenvalue weighted by atomic mass is 9.97. The zero-order chi connectivity index (χ0) is 13.5. The average molecular weight is 243 g/mol. The van der Waals surface area contributed by atoms with Crippen LogP contribution in [0.5, 0.6) is 0 Å². The summed E-state index contributed by atoms with van der Waals surface area (Å²) < 4.78 is 0. The molecule has 0 spiro atoms. The molecule has 0 radical (unpaired) electrons. The number of aliphatic hydroxyl groups is 1. The molecule has 0 saturated carbocycles. The quantitative estimate of drug-likeness (QED) is 0.712. The van der Waals surface area contributed by atoms with Gasteiger partial charge in [-0.15, -0.1) is 0 Å². The highest BCUT2D eigenvalue weighted by Gasteiger charge is 2.25. The molecule has 0 aliphatic heterocycles. The second-order valence-corrected chi connectivity index (χ2v) is 5.41. The van der Waals surface area contributed by atoms with Crippen LogP contribution in [-0.2, 0) is 4.79 Å². The normalized spacial score (nSPS) is 13.5. The molecule has 0 aliphatic rings. The Balaban J connectivity index is 4.48. The Morgan fingerprint density at radius 1 is 1.29 bits per heavy atom. The van der Waals surface area contributed by atoms with Gasteiger partial charge in [-0.1, -0.05) is 26.7 Å². The third kappa shape index (κ3) is 6.67. The molecule has 1 amide bonds. The Kier molecular flexibility index (Phi) is 7.44. The van der Waals surface area contributed by atoms with Crippen molar-refractivity contribution >= 4 is 5.91 Å². The van der Waals surface area contributed by atoms with Crippen LogP contribution in [-0.4, -0.2) is 34.6 Å². The lowest BCUT2D eigenvalue weighted by molar-refractivity contribution is -0.138. The highest BCUT2D eigenvalue weighted by atomic mass is 16.3. The summed E-state index contributed by atoms with van der Waals surface area (Å²) in [5.74, 6) is 0.322. The van der Waals surface area contributed by atoms with Crippen LogP contribution in [0.15, 0.2) is 0 Å². The van der Waals surface area contributed by atoms with Gasteiger partial charge in [-0.25, -0.2) is 0 Å². The van der Waals surface area contributed by atoms with E-state index >= 15 is 0 Å². The highest BCUT2D eigenvalue weighted by Crippen LogP contribution is 2.17. The molecule has 0 heterocycles. The molecule has 0 rings (SSSR count). The molecule has 0 bridgehead atoms. The maximum atomic E-state index is 12.3. The standard InChI is InChI=1S/C14H29NO2/c1-6-9-10-12(7-2)13(16)15(8-3)11-14(4,5)17/h12,17H,6-11H2,1-5H3. The molecule has 1 unspecified atom stereocenters. The van der Waals surface area contributed by atoms with Gasteiger partial charge in [0.05, 0.1) is 5.60 Å². The van der Waals surface area contributed by atoms with Gasteiger partial charge >= 0.3 is 0 Å². The smallest absolute Gasteiger partial charge is 0.225 e. The molecular weight excluding hydrogens is 214 g/mol. The van der Waals surface area contributed by atoms with Crippen molar-refractivity contribution < 1.29 is 9.90 Å². The number of hydrogen-bond acceptors (Lipinski definition) is 2. The van der Waals surface area contributed by atoms with Gasteiger partial charge in [-0.3, -0.25) is 4.79 Å². The summed E-state index contributed by atoms with van der Waals surface area (Å²) in [6, 6.07) is 0. The van der Waals surface area contributed by atoms with Crippen molar-refractivity contribution in [2.45, 2.75) is 65.9 Å². The first-order chi connectivity index (χ1) is 7.85. The van der Waals surface area contributed by atoms with E-state index in [1.807, 2.05) is 6.92 Å². The minimum Gasteiger partial charge on any atom is -0.389 e. The summed E-state index contributed by atoms with van der Waals surface area (Å²) >= 11 is 0. The van der Waals surface area contributed by atoms with Crippen molar-refractivity contribution in [1.82, 2.24) is 4.90 Å². The number of unbranched alkanes of at least 4 members (excludes halogenated alkanes) is 1. The van der Waals surface area contributed by atoms with Crippen LogP contribution in [0.25, 0.3) is 0 Å². The topological polar surface area (TPSA) is 40.5 Å². The molecule has 17 heavy (non-hydrogen) atoms. The second-order valence-electron chi connectivity index (χ2n) is 5.41. The van der Waals surface area contributed by atoms with Crippen LogP contribution in [0.1, 0.15) is 60.3 Å². The van der Waals surface area contributed by atoms with E-state index in [0.717, 1.165) is 25.7 Å². The lowest BCUT2D eigenvalue weighted by Crippen LogP contribution is -2.44. The second kappa shape index (κ2) is 7.70. The minimum atomic E-state index is -0.811. The van der Waals surface area contributed by atoms with Crippen molar-refractivity contribution in [1.29, 1.82) is 0 Å². The number of nitrogens with zero attached hydrogens (tertiary/aromatic N) is 1. The molecule has 102 valence electrons. The van der Waals surface area contributed by atoms with Crippen molar-refractivity contribution in [2.75, 3.05) is 13.1 Å². The fourth-order valence-electron chi connectivity index (χ4n) is 2.02. The number of hydrogen-bond donors (Lipinski definition) is 1. The summed E-state index contributed by atoms with van der Waals surface area (Å²) in [4.78, 5) is 14.1.